The lowest BCUT2D eigenvalue weighted by Crippen LogP contribution is -2.40. The zero-order valence-electron chi connectivity index (χ0n) is 12.7. The number of furan rings is 1. The number of hydrogen-bond donors (Lipinski definition) is 1. The SMILES string of the molecule is COCc1ccc(C(=O)N2Cc3ccccc3C(C(=O)O)C2)o1. The van der Waals surface area contributed by atoms with Crippen LogP contribution in [0.25, 0.3) is 0 Å². The quantitative estimate of drug-likeness (QED) is 0.936. The van der Waals surface area contributed by atoms with Crippen LogP contribution in [0.2, 0.25) is 0 Å². The van der Waals surface area contributed by atoms with E-state index in [1.54, 1.807) is 25.3 Å². The Labute approximate surface area is 133 Å². The van der Waals surface area contributed by atoms with Gasteiger partial charge in [-0.25, -0.2) is 0 Å². The van der Waals surface area contributed by atoms with Crippen molar-refractivity contribution >= 4 is 11.9 Å². The lowest BCUT2D eigenvalue weighted by Gasteiger charge is -2.32. The van der Waals surface area contributed by atoms with Crippen LogP contribution in [0.15, 0.2) is 40.8 Å². The van der Waals surface area contributed by atoms with Gasteiger partial charge in [0, 0.05) is 20.2 Å². The third kappa shape index (κ3) is 2.98. The number of nitrogens with zero attached hydrogens (tertiary/aromatic N) is 1. The van der Waals surface area contributed by atoms with Crippen LogP contribution >= 0.6 is 0 Å². The molecule has 0 saturated carbocycles. The predicted octanol–water partition coefficient (Wildman–Crippen LogP) is 2.25. The Hall–Kier alpha value is -2.60. The summed E-state index contributed by atoms with van der Waals surface area (Å²) in [6, 6.07) is 10.6. The molecule has 0 saturated heterocycles. The fourth-order valence-electron chi connectivity index (χ4n) is 2.84. The van der Waals surface area contributed by atoms with Crippen LogP contribution in [-0.4, -0.2) is 35.5 Å². The van der Waals surface area contributed by atoms with E-state index in [9.17, 15) is 14.7 Å². The van der Waals surface area contributed by atoms with Gasteiger partial charge in [-0.05, 0) is 23.3 Å². The Morgan fingerprint density at radius 3 is 2.83 bits per heavy atom. The Kier molecular flexibility index (Phi) is 4.16. The summed E-state index contributed by atoms with van der Waals surface area (Å²) in [6.07, 6.45) is 0. The summed E-state index contributed by atoms with van der Waals surface area (Å²) in [5.74, 6) is -1.22. The standard InChI is InChI=1S/C17H17NO5/c1-22-10-12-6-7-15(23-12)16(19)18-8-11-4-2-3-5-13(11)14(9-18)17(20)21/h2-7,14H,8-10H2,1H3,(H,20,21). The molecule has 2 heterocycles. The molecule has 120 valence electrons. The number of methoxy groups -OCH3 is 1. The number of benzene rings is 1. The molecule has 3 rings (SSSR count). The predicted molar refractivity (Wildman–Crippen MR) is 81.0 cm³/mol. The number of carbonyl (C=O) groups is 2. The molecule has 0 spiro atoms. The number of aliphatic carboxylic acids is 1. The maximum absolute atomic E-state index is 12.6. The minimum absolute atomic E-state index is 0.130. The van der Waals surface area contributed by atoms with Gasteiger partial charge in [0.2, 0.25) is 0 Å². The molecular weight excluding hydrogens is 298 g/mol. The highest BCUT2D eigenvalue weighted by Gasteiger charge is 2.33. The maximum Gasteiger partial charge on any atom is 0.312 e. The molecule has 2 aromatic rings. The van der Waals surface area contributed by atoms with Crippen LogP contribution in [0.1, 0.15) is 33.4 Å². The first-order chi connectivity index (χ1) is 11.1. The largest absolute Gasteiger partial charge is 0.481 e. The van der Waals surface area contributed by atoms with Crippen molar-refractivity contribution in [2.75, 3.05) is 13.7 Å². The lowest BCUT2D eigenvalue weighted by atomic mass is 9.89. The first kappa shape index (κ1) is 15.3. The maximum atomic E-state index is 12.6. The van der Waals surface area contributed by atoms with Crippen LogP contribution < -0.4 is 0 Å². The van der Waals surface area contributed by atoms with Crippen LogP contribution in [-0.2, 0) is 22.7 Å². The number of fused-ring (bicyclic) bond motifs is 1. The smallest absolute Gasteiger partial charge is 0.312 e. The van der Waals surface area contributed by atoms with E-state index < -0.39 is 11.9 Å². The van der Waals surface area contributed by atoms with Gasteiger partial charge in [-0.3, -0.25) is 9.59 Å². The fourth-order valence-corrected chi connectivity index (χ4v) is 2.84. The molecular formula is C17H17NO5. The van der Waals surface area contributed by atoms with E-state index in [2.05, 4.69) is 0 Å². The Bertz CT molecular complexity index is 736. The van der Waals surface area contributed by atoms with Crippen molar-refractivity contribution < 1.29 is 23.8 Å². The highest BCUT2D eigenvalue weighted by molar-refractivity contribution is 5.92. The van der Waals surface area contributed by atoms with Gasteiger partial charge in [0.15, 0.2) is 5.76 Å². The van der Waals surface area contributed by atoms with Gasteiger partial charge < -0.3 is 19.2 Å². The van der Waals surface area contributed by atoms with Gasteiger partial charge in [0.1, 0.15) is 12.4 Å². The third-order valence-electron chi connectivity index (χ3n) is 3.94. The molecule has 1 aromatic carbocycles. The van der Waals surface area contributed by atoms with Gasteiger partial charge >= 0.3 is 5.97 Å². The van der Waals surface area contributed by atoms with E-state index in [-0.39, 0.29) is 24.8 Å². The first-order valence-corrected chi connectivity index (χ1v) is 7.27. The van der Waals surface area contributed by atoms with Crippen molar-refractivity contribution in [3.8, 4) is 0 Å². The number of carboxylic acid groups (broad SMARTS) is 1. The Morgan fingerprint density at radius 2 is 2.09 bits per heavy atom. The van der Waals surface area contributed by atoms with E-state index in [0.29, 0.717) is 12.3 Å². The van der Waals surface area contributed by atoms with Crippen molar-refractivity contribution in [2.24, 2.45) is 0 Å². The average molecular weight is 315 g/mol. The second kappa shape index (κ2) is 6.26. The highest BCUT2D eigenvalue weighted by atomic mass is 16.5. The fraction of sp³-hybridized carbons (Fsp3) is 0.294. The van der Waals surface area contributed by atoms with E-state index in [1.807, 2.05) is 18.2 Å². The van der Waals surface area contributed by atoms with E-state index in [0.717, 1.165) is 11.1 Å². The number of carboxylic acids is 1. The van der Waals surface area contributed by atoms with Crippen molar-refractivity contribution in [2.45, 2.75) is 19.1 Å². The topological polar surface area (TPSA) is 80.0 Å². The third-order valence-corrected chi connectivity index (χ3v) is 3.94. The zero-order valence-corrected chi connectivity index (χ0v) is 12.7. The molecule has 6 nitrogen and oxygen atoms in total. The summed E-state index contributed by atoms with van der Waals surface area (Å²) in [5.41, 5.74) is 1.62. The summed E-state index contributed by atoms with van der Waals surface area (Å²) in [6.45, 7) is 0.790. The molecule has 1 aliphatic heterocycles. The minimum Gasteiger partial charge on any atom is -0.481 e. The number of amides is 1. The van der Waals surface area contributed by atoms with Gasteiger partial charge in [0.05, 0.1) is 5.92 Å². The van der Waals surface area contributed by atoms with Crippen LogP contribution in [0, 0.1) is 0 Å². The molecule has 1 atom stereocenters. The van der Waals surface area contributed by atoms with Crippen LogP contribution in [0.3, 0.4) is 0 Å². The molecule has 23 heavy (non-hydrogen) atoms. The molecule has 1 amide bonds. The van der Waals surface area contributed by atoms with Gasteiger partial charge in [0.25, 0.3) is 5.91 Å². The molecule has 0 fully saturated rings. The zero-order chi connectivity index (χ0) is 16.4. The highest BCUT2D eigenvalue weighted by Crippen LogP contribution is 2.29. The van der Waals surface area contributed by atoms with E-state index >= 15 is 0 Å². The van der Waals surface area contributed by atoms with E-state index in [1.165, 1.54) is 4.90 Å². The second-order valence-corrected chi connectivity index (χ2v) is 5.47. The molecule has 0 bridgehead atoms. The van der Waals surface area contributed by atoms with Crippen molar-refractivity contribution in [3.63, 3.8) is 0 Å². The van der Waals surface area contributed by atoms with Gasteiger partial charge in [-0.1, -0.05) is 24.3 Å². The molecule has 6 heteroatoms. The Balaban J connectivity index is 1.86. The summed E-state index contributed by atoms with van der Waals surface area (Å²) < 4.78 is 10.4. The van der Waals surface area contributed by atoms with E-state index in [4.69, 9.17) is 9.15 Å². The lowest BCUT2D eigenvalue weighted by molar-refractivity contribution is -0.139. The minimum atomic E-state index is -0.936. The number of hydrogen-bond acceptors (Lipinski definition) is 4. The van der Waals surface area contributed by atoms with Gasteiger partial charge in [-0.2, -0.15) is 0 Å². The monoisotopic (exact) mass is 315 g/mol. The second-order valence-electron chi connectivity index (χ2n) is 5.47. The summed E-state index contributed by atoms with van der Waals surface area (Å²) in [7, 11) is 1.54. The van der Waals surface area contributed by atoms with Crippen molar-refractivity contribution in [1.82, 2.24) is 4.90 Å². The summed E-state index contributed by atoms with van der Waals surface area (Å²) in [4.78, 5) is 25.6. The molecule has 1 aliphatic rings. The number of carbonyl (C=O) groups excluding carboxylic acids is 1. The average Bonchev–Trinajstić information content (AvgIpc) is 3.02. The molecule has 1 N–H and O–H groups in total. The van der Waals surface area contributed by atoms with Crippen LogP contribution in [0.4, 0.5) is 0 Å². The van der Waals surface area contributed by atoms with Crippen molar-refractivity contribution in [3.05, 3.63) is 59.0 Å². The first-order valence-electron chi connectivity index (χ1n) is 7.27. The summed E-state index contributed by atoms with van der Waals surface area (Å²) >= 11 is 0. The summed E-state index contributed by atoms with van der Waals surface area (Å²) in [5, 5.41) is 9.45. The number of ether oxygens (including phenoxy) is 1. The van der Waals surface area contributed by atoms with Crippen molar-refractivity contribution in [1.29, 1.82) is 0 Å². The Morgan fingerprint density at radius 1 is 1.30 bits per heavy atom. The number of rotatable bonds is 4. The van der Waals surface area contributed by atoms with Crippen LogP contribution in [0.5, 0.6) is 0 Å². The molecule has 1 unspecified atom stereocenters. The van der Waals surface area contributed by atoms with Gasteiger partial charge in [-0.15, -0.1) is 0 Å². The molecule has 0 radical (unpaired) electrons. The normalized spacial score (nSPS) is 16.9. The molecule has 0 aliphatic carbocycles. The molecule has 1 aromatic heterocycles.